The van der Waals surface area contributed by atoms with Crippen LogP contribution in [0.4, 0.5) is 0 Å². The van der Waals surface area contributed by atoms with Crippen LogP contribution in [0.5, 0.6) is 0 Å². The van der Waals surface area contributed by atoms with E-state index in [2.05, 4.69) is 14.8 Å². The number of hydrogen-bond acceptors (Lipinski definition) is 2. The van der Waals surface area contributed by atoms with Crippen LogP contribution < -0.4 is 21.2 Å². The van der Waals surface area contributed by atoms with Crippen LogP contribution in [0.3, 0.4) is 0 Å². The molecular formula is C7H11IN3-. The Labute approximate surface area is 76.5 Å². The first-order valence-electron chi connectivity index (χ1n) is 3.80. The topological polar surface area (TPSA) is 30.7 Å². The standard InChI is InChI=1S/C7H11IN3/c1-6-9-10-7-3-2-4-8-5-11(6)7/h2-5H2,1H3/q-1. The summed E-state index contributed by atoms with van der Waals surface area (Å²) in [4.78, 5) is 0. The van der Waals surface area contributed by atoms with E-state index in [0.717, 1.165) is 12.2 Å². The van der Waals surface area contributed by atoms with Crippen molar-refractivity contribution in [3.63, 3.8) is 0 Å². The van der Waals surface area contributed by atoms with Gasteiger partial charge in [-0.05, 0) is 0 Å². The van der Waals surface area contributed by atoms with E-state index in [9.17, 15) is 0 Å². The van der Waals surface area contributed by atoms with Crippen LogP contribution >= 0.6 is 0 Å². The molecule has 0 saturated heterocycles. The van der Waals surface area contributed by atoms with Gasteiger partial charge >= 0.3 is 76.4 Å². The number of nitrogens with zero attached hydrogens (tertiary/aromatic N) is 3. The first kappa shape index (κ1) is 7.52. The van der Waals surface area contributed by atoms with E-state index in [-0.39, 0.29) is 0 Å². The zero-order valence-corrected chi connectivity index (χ0v) is 8.71. The molecule has 1 aromatic rings. The van der Waals surface area contributed by atoms with Crippen LogP contribution in [0, 0.1) is 6.92 Å². The molecule has 0 aromatic carbocycles. The number of fused-ring (bicyclic) bond motifs is 1. The number of rotatable bonds is 0. The van der Waals surface area contributed by atoms with Crippen molar-refractivity contribution in [3.05, 3.63) is 11.6 Å². The summed E-state index contributed by atoms with van der Waals surface area (Å²) in [5.41, 5.74) is 0. The van der Waals surface area contributed by atoms with Gasteiger partial charge in [-0.15, -0.1) is 0 Å². The van der Waals surface area contributed by atoms with E-state index in [0.29, 0.717) is 21.2 Å². The summed E-state index contributed by atoms with van der Waals surface area (Å²) in [6.45, 7) is 2.05. The van der Waals surface area contributed by atoms with Gasteiger partial charge in [0.1, 0.15) is 0 Å². The summed E-state index contributed by atoms with van der Waals surface area (Å²) in [7, 11) is 0. The van der Waals surface area contributed by atoms with Crippen molar-refractivity contribution < 1.29 is 21.2 Å². The molecule has 11 heavy (non-hydrogen) atoms. The molecule has 0 amide bonds. The van der Waals surface area contributed by atoms with Crippen molar-refractivity contribution in [2.75, 3.05) is 4.43 Å². The quantitative estimate of drug-likeness (QED) is 0.386. The van der Waals surface area contributed by atoms with Crippen LogP contribution in [0.15, 0.2) is 0 Å². The summed E-state index contributed by atoms with van der Waals surface area (Å²) >= 11 is 0.391. The Morgan fingerprint density at radius 2 is 2.36 bits per heavy atom. The average molecular weight is 264 g/mol. The van der Waals surface area contributed by atoms with Gasteiger partial charge in [0.15, 0.2) is 0 Å². The molecule has 0 radical (unpaired) electrons. The van der Waals surface area contributed by atoms with Gasteiger partial charge in [0.25, 0.3) is 0 Å². The predicted molar refractivity (Wildman–Crippen MR) is 37.9 cm³/mol. The second-order valence-electron chi connectivity index (χ2n) is 2.69. The SMILES string of the molecule is Cc1nnc2n1C[I-]CCC2. The van der Waals surface area contributed by atoms with Gasteiger partial charge < -0.3 is 0 Å². The van der Waals surface area contributed by atoms with E-state index in [4.69, 9.17) is 0 Å². The fourth-order valence-corrected chi connectivity index (χ4v) is 3.86. The molecule has 0 bridgehead atoms. The molecule has 0 spiro atoms. The number of aryl methyl sites for hydroxylation is 2. The molecule has 0 unspecified atom stereocenters. The summed E-state index contributed by atoms with van der Waals surface area (Å²) in [5.74, 6) is 2.31. The van der Waals surface area contributed by atoms with Gasteiger partial charge in [-0.1, -0.05) is 0 Å². The number of hydrogen-bond donors (Lipinski definition) is 0. The summed E-state index contributed by atoms with van der Waals surface area (Å²) in [6, 6.07) is 0. The van der Waals surface area contributed by atoms with Crippen LogP contribution in [0.2, 0.25) is 0 Å². The number of alkyl halides is 2. The van der Waals surface area contributed by atoms with Crippen molar-refractivity contribution in [1.82, 2.24) is 14.8 Å². The third kappa shape index (κ3) is 1.40. The first-order chi connectivity index (χ1) is 5.38. The first-order valence-corrected chi connectivity index (χ1v) is 6.85. The Balaban J connectivity index is 2.35. The molecule has 4 heteroatoms. The predicted octanol–water partition coefficient (Wildman–Crippen LogP) is -2.42. The van der Waals surface area contributed by atoms with Crippen LogP contribution in [-0.2, 0) is 11.0 Å². The molecule has 62 valence electrons. The summed E-state index contributed by atoms with van der Waals surface area (Å²) in [5, 5.41) is 8.22. The average Bonchev–Trinajstić information content (AvgIpc) is 2.25. The van der Waals surface area contributed by atoms with E-state index >= 15 is 0 Å². The number of halogens is 1. The van der Waals surface area contributed by atoms with Crippen molar-refractivity contribution in [3.8, 4) is 0 Å². The monoisotopic (exact) mass is 264 g/mol. The Hall–Kier alpha value is -0.130. The molecule has 0 N–H and O–H groups in total. The third-order valence-corrected chi connectivity index (χ3v) is 4.57. The van der Waals surface area contributed by atoms with Crippen molar-refractivity contribution in [2.24, 2.45) is 0 Å². The van der Waals surface area contributed by atoms with Gasteiger partial charge in [0.2, 0.25) is 0 Å². The van der Waals surface area contributed by atoms with E-state index in [1.54, 1.807) is 0 Å². The van der Waals surface area contributed by atoms with Crippen LogP contribution in [-0.4, -0.2) is 19.2 Å². The molecule has 0 saturated carbocycles. The molecule has 0 fully saturated rings. The zero-order chi connectivity index (χ0) is 7.68. The molecule has 1 aliphatic heterocycles. The molecule has 1 aromatic heterocycles. The van der Waals surface area contributed by atoms with Gasteiger partial charge in [-0.3, -0.25) is 0 Å². The minimum absolute atomic E-state index is 0.391. The van der Waals surface area contributed by atoms with E-state index in [1.807, 2.05) is 6.92 Å². The fraction of sp³-hybridized carbons (Fsp3) is 0.714. The molecule has 2 heterocycles. The second kappa shape index (κ2) is 3.08. The second-order valence-corrected chi connectivity index (χ2v) is 5.53. The number of aromatic nitrogens is 3. The minimum atomic E-state index is 0.391. The van der Waals surface area contributed by atoms with Crippen LogP contribution in [0.25, 0.3) is 0 Å². The normalized spacial score (nSPS) is 18.3. The van der Waals surface area contributed by atoms with Crippen molar-refractivity contribution >= 4 is 0 Å². The summed E-state index contributed by atoms with van der Waals surface area (Å²) < 4.78 is 4.97. The maximum atomic E-state index is 4.15. The molecular weight excluding hydrogens is 253 g/mol. The molecule has 1 aliphatic rings. The maximum absolute atomic E-state index is 4.15. The molecule has 0 aliphatic carbocycles. The van der Waals surface area contributed by atoms with Gasteiger partial charge in [0.05, 0.1) is 0 Å². The Bertz CT molecular complexity index is 256. The molecule has 2 rings (SSSR count). The van der Waals surface area contributed by atoms with Crippen molar-refractivity contribution in [2.45, 2.75) is 24.3 Å². The van der Waals surface area contributed by atoms with E-state index < -0.39 is 0 Å². The Morgan fingerprint density at radius 3 is 3.27 bits per heavy atom. The van der Waals surface area contributed by atoms with Gasteiger partial charge in [-0.2, -0.15) is 0 Å². The van der Waals surface area contributed by atoms with Gasteiger partial charge in [-0.25, -0.2) is 0 Å². The molecule has 0 atom stereocenters. The van der Waals surface area contributed by atoms with Gasteiger partial charge in [0, 0.05) is 0 Å². The Kier molecular flexibility index (Phi) is 2.11. The van der Waals surface area contributed by atoms with Crippen LogP contribution in [0.1, 0.15) is 18.1 Å². The Morgan fingerprint density at radius 1 is 1.45 bits per heavy atom. The third-order valence-electron chi connectivity index (χ3n) is 1.88. The molecule has 3 nitrogen and oxygen atoms in total. The summed E-state index contributed by atoms with van der Waals surface area (Å²) in [6.07, 6.45) is 2.46. The van der Waals surface area contributed by atoms with E-state index in [1.165, 1.54) is 21.2 Å². The fourth-order valence-electron chi connectivity index (χ4n) is 1.23. The van der Waals surface area contributed by atoms with Crippen molar-refractivity contribution in [1.29, 1.82) is 0 Å². The zero-order valence-electron chi connectivity index (χ0n) is 6.55.